The number of benzene rings is 1. The SMILES string of the molecule is O=C(O)C[C@@H]1OC(=O)c2c(O)cc(O)cc21. The van der Waals surface area contributed by atoms with Gasteiger partial charge in [0.25, 0.3) is 0 Å². The van der Waals surface area contributed by atoms with Crippen molar-refractivity contribution < 1.29 is 29.6 Å². The minimum absolute atomic E-state index is 0.0796. The van der Waals surface area contributed by atoms with E-state index in [4.69, 9.17) is 9.84 Å². The molecule has 3 N–H and O–H groups in total. The molecule has 0 spiro atoms. The fourth-order valence-corrected chi connectivity index (χ4v) is 1.67. The molecular weight excluding hydrogens is 216 g/mol. The second-order valence-corrected chi connectivity index (χ2v) is 3.42. The highest BCUT2D eigenvalue weighted by Gasteiger charge is 2.35. The number of aliphatic carboxylic acids is 1. The van der Waals surface area contributed by atoms with Gasteiger partial charge in [-0.05, 0) is 6.07 Å². The lowest BCUT2D eigenvalue weighted by atomic mass is 10.0. The van der Waals surface area contributed by atoms with Crippen LogP contribution in [-0.4, -0.2) is 27.3 Å². The number of carboxylic acids is 1. The first kappa shape index (κ1) is 10.3. The lowest BCUT2D eigenvalue weighted by molar-refractivity contribution is -0.139. The van der Waals surface area contributed by atoms with Crippen molar-refractivity contribution in [2.45, 2.75) is 12.5 Å². The molecule has 0 radical (unpaired) electrons. The Labute approximate surface area is 89.7 Å². The number of rotatable bonds is 2. The standard InChI is InChI=1S/C10H8O6/c11-4-1-5-7(3-8(13)14)16-10(15)9(5)6(12)2-4/h1-2,7,11-12H,3H2,(H,13,14)/t7-/m0/s1. The van der Waals surface area contributed by atoms with E-state index in [9.17, 15) is 19.8 Å². The van der Waals surface area contributed by atoms with Crippen LogP contribution in [0.4, 0.5) is 0 Å². The van der Waals surface area contributed by atoms with Crippen molar-refractivity contribution in [1.82, 2.24) is 0 Å². The van der Waals surface area contributed by atoms with Gasteiger partial charge in [0.05, 0.1) is 6.42 Å². The molecule has 1 heterocycles. The maximum absolute atomic E-state index is 11.3. The van der Waals surface area contributed by atoms with Crippen LogP contribution >= 0.6 is 0 Å². The quantitative estimate of drug-likeness (QED) is 0.641. The van der Waals surface area contributed by atoms with Gasteiger partial charge < -0.3 is 20.1 Å². The Morgan fingerprint density at radius 3 is 2.69 bits per heavy atom. The van der Waals surface area contributed by atoms with E-state index in [2.05, 4.69) is 0 Å². The van der Waals surface area contributed by atoms with E-state index in [-0.39, 0.29) is 16.9 Å². The van der Waals surface area contributed by atoms with Crippen LogP contribution in [0, 0.1) is 0 Å². The zero-order valence-electron chi connectivity index (χ0n) is 8.01. The first-order valence-electron chi connectivity index (χ1n) is 4.47. The molecule has 6 heteroatoms. The minimum atomic E-state index is -1.13. The van der Waals surface area contributed by atoms with E-state index in [1.165, 1.54) is 6.07 Å². The van der Waals surface area contributed by atoms with Gasteiger partial charge in [0.1, 0.15) is 23.2 Å². The molecule has 2 rings (SSSR count). The molecule has 0 saturated carbocycles. The number of carbonyl (C=O) groups excluding carboxylic acids is 1. The van der Waals surface area contributed by atoms with Crippen LogP contribution in [0.15, 0.2) is 12.1 Å². The third kappa shape index (κ3) is 1.54. The molecule has 0 bridgehead atoms. The number of carboxylic acid groups (broad SMARTS) is 1. The molecule has 0 fully saturated rings. The normalized spacial score (nSPS) is 18.0. The smallest absolute Gasteiger partial charge is 0.342 e. The van der Waals surface area contributed by atoms with Crippen LogP contribution in [0.3, 0.4) is 0 Å². The van der Waals surface area contributed by atoms with Gasteiger partial charge in [0, 0.05) is 11.6 Å². The van der Waals surface area contributed by atoms with Gasteiger partial charge in [-0.3, -0.25) is 4.79 Å². The zero-order chi connectivity index (χ0) is 11.9. The first-order valence-corrected chi connectivity index (χ1v) is 4.47. The number of fused-ring (bicyclic) bond motifs is 1. The Morgan fingerprint density at radius 1 is 1.38 bits per heavy atom. The van der Waals surface area contributed by atoms with Crippen molar-refractivity contribution in [1.29, 1.82) is 0 Å². The minimum Gasteiger partial charge on any atom is -0.508 e. The molecule has 1 atom stereocenters. The van der Waals surface area contributed by atoms with Gasteiger partial charge in [0.15, 0.2) is 0 Å². The first-order chi connectivity index (χ1) is 7.49. The Balaban J connectivity index is 2.48. The fraction of sp³-hybridized carbons (Fsp3) is 0.200. The summed E-state index contributed by atoms with van der Waals surface area (Å²) in [5, 5.41) is 27.3. The molecule has 0 unspecified atom stereocenters. The predicted molar refractivity (Wildman–Crippen MR) is 50.2 cm³/mol. The van der Waals surface area contributed by atoms with Crippen molar-refractivity contribution in [2.75, 3.05) is 0 Å². The van der Waals surface area contributed by atoms with Gasteiger partial charge in [-0.15, -0.1) is 0 Å². The summed E-state index contributed by atoms with van der Waals surface area (Å²) in [6, 6.07) is 2.22. The summed E-state index contributed by atoms with van der Waals surface area (Å²) in [6.07, 6.45) is -1.36. The van der Waals surface area contributed by atoms with Crippen molar-refractivity contribution in [3.8, 4) is 11.5 Å². The van der Waals surface area contributed by atoms with E-state index >= 15 is 0 Å². The number of esters is 1. The maximum Gasteiger partial charge on any atom is 0.342 e. The molecule has 1 aliphatic rings. The molecule has 16 heavy (non-hydrogen) atoms. The van der Waals surface area contributed by atoms with E-state index in [0.717, 1.165) is 6.07 Å². The third-order valence-electron chi connectivity index (χ3n) is 2.29. The summed E-state index contributed by atoms with van der Waals surface area (Å²) in [4.78, 5) is 21.9. The van der Waals surface area contributed by atoms with Gasteiger partial charge in [-0.2, -0.15) is 0 Å². The average molecular weight is 224 g/mol. The van der Waals surface area contributed by atoms with Crippen LogP contribution in [-0.2, 0) is 9.53 Å². The Kier molecular flexibility index (Phi) is 2.19. The van der Waals surface area contributed by atoms with Crippen LogP contribution < -0.4 is 0 Å². The molecule has 84 valence electrons. The number of hydrogen-bond acceptors (Lipinski definition) is 5. The lowest BCUT2D eigenvalue weighted by Gasteiger charge is -2.07. The summed E-state index contributed by atoms with van der Waals surface area (Å²) in [7, 11) is 0. The van der Waals surface area contributed by atoms with Gasteiger partial charge in [-0.25, -0.2) is 4.79 Å². The predicted octanol–water partition coefficient (Wildman–Crippen LogP) is 0.784. The molecule has 6 nitrogen and oxygen atoms in total. The Bertz CT molecular complexity index is 478. The van der Waals surface area contributed by atoms with Gasteiger partial charge >= 0.3 is 11.9 Å². The molecule has 1 aromatic rings. The number of aromatic hydroxyl groups is 2. The second-order valence-electron chi connectivity index (χ2n) is 3.42. The van der Waals surface area contributed by atoms with E-state index in [0.29, 0.717) is 0 Å². The number of phenols is 2. The number of cyclic esters (lactones) is 1. The van der Waals surface area contributed by atoms with Gasteiger partial charge in [-0.1, -0.05) is 0 Å². The molecule has 1 aromatic carbocycles. The largest absolute Gasteiger partial charge is 0.508 e. The third-order valence-corrected chi connectivity index (χ3v) is 2.29. The monoisotopic (exact) mass is 224 g/mol. The summed E-state index contributed by atoms with van der Waals surface area (Å²) in [6.45, 7) is 0. The number of hydrogen-bond donors (Lipinski definition) is 3. The summed E-state index contributed by atoms with van der Waals surface area (Å²) in [5.41, 5.74) is 0.119. The van der Waals surface area contributed by atoms with Crippen LogP contribution in [0.2, 0.25) is 0 Å². The second kappa shape index (κ2) is 3.41. The topological polar surface area (TPSA) is 104 Å². The highest BCUT2D eigenvalue weighted by molar-refractivity contribution is 5.97. The average Bonchev–Trinajstić information content (AvgIpc) is 2.41. The van der Waals surface area contributed by atoms with E-state index in [1.807, 2.05) is 0 Å². The van der Waals surface area contributed by atoms with Crippen molar-refractivity contribution in [2.24, 2.45) is 0 Å². The summed E-state index contributed by atoms with van der Waals surface area (Å²) >= 11 is 0. The Morgan fingerprint density at radius 2 is 2.06 bits per heavy atom. The van der Waals surface area contributed by atoms with E-state index < -0.39 is 30.2 Å². The van der Waals surface area contributed by atoms with Crippen LogP contribution in [0.25, 0.3) is 0 Å². The molecule has 0 amide bonds. The van der Waals surface area contributed by atoms with E-state index in [1.54, 1.807) is 0 Å². The fourth-order valence-electron chi connectivity index (χ4n) is 1.67. The van der Waals surface area contributed by atoms with Crippen molar-refractivity contribution >= 4 is 11.9 Å². The number of phenolic OH excluding ortho intramolecular Hbond substituents is 2. The highest BCUT2D eigenvalue weighted by Crippen LogP contribution is 2.40. The summed E-state index contributed by atoms with van der Waals surface area (Å²) < 4.78 is 4.79. The molecule has 0 aliphatic carbocycles. The Hall–Kier alpha value is -2.24. The van der Waals surface area contributed by atoms with Crippen molar-refractivity contribution in [3.05, 3.63) is 23.3 Å². The van der Waals surface area contributed by atoms with Gasteiger partial charge in [0.2, 0.25) is 0 Å². The summed E-state index contributed by atoms with van der Waals surface area (Å²) in [5.74, 6) is -2.56. The zero-order valence-corrected chi connectivity index (χ0v) is 8.01. The number of carbonyl (C=O) groups is 2. The highest BCUT2D eigenvalue weighted by atomic mass is 16.6. The lowest BCUT2D eigenvalue weighted by Crippen LogP contribution is -2.05. The van der Waals surface area contributed by atoms with Crippen LogP contribution in [0.5, 0.6) is 11.5 Å². The molecule has 0 aromatic heterocycles. The molecule has 0 saturated heterocycles. The molecular formula is C10H8O6. The maximum atomic E-state index is 11.3. The van der Waals surface area contributed by atoms with Crippen molar-refractivity contribution in [3.63, 3.8) is 0 Å². The van der Waals surface area contributed by atoms with Crippen LogP contribution in [0.1, 0.15) is 28.4 Å². The molecule has 1 aliphatic heterocycles. The number of ether oxygens (including phenoxy) is 1.